The summed E-state index contributed by atoms with van der Waals surface area (Å²) in [5.41, 5.74) is 0. The fourth-order valence-electron chi connectivity index (χ4n) is 1.43. The maximum atomic E-state index is 11.7. The van der Waals surface area contributed by atoms with Gasteiger partial charge >= 0.3 is 0 Å². The molecule has 0 aromatic carbocycles. The van der Waals surface area contributed by atoms with Crippen LogP contribution in [0.2, 0.25) is 0 Å². The summed E-state index contributed by atoms with van der Waals surface area (Å²) >= 11 is 0. The monoisotopic (exact) mass is 201 g/mol. The van der Waals surface area contributed by atoms with Crippen LogP contribution < -0.4 is 0 Å². The lowest BCUT2D eigenvalue weighted by atomic mass is 10.1. The van der Waals surface area contributed by atoms with Gasteiger partial charge in [-0.05, 0) is 33.6 Å². The summed E-state index contributed by atoms with van der Waals surface area (Å²) < 4.78 is 0. The molecule has 0 fully saturated rings. The molecule has 0 aliphatic heterocycles. The molecule has 0 bridgehead atoms. The fraction of sp³-hybridized carbons (Fsp3) is 0.909. The highest BCUT2D eigenvalue weighted by Crippen LogP contribution is 2.07. The first-order valence-electron chi connectivity index (χ1n) is 5.50. The molecule has 0 radical (unpaired) electrons. The van der Waals surface area contributed by atoms with Crippen molar-refractivity contribution in [2.45, 2.75) is 59.1 Å². The second-order valence-corrected chi connectivity index (χ2v) is 3.82. The second-order valence-electron chi connectivity index (χ2n) is 3.82. The van der Waals surface area contributed by atoms with E-state index in [1.165, 1.54) is 0 Å². The Morgan fingerprint density at radius 3 is 2.29 bits per heavy atom. The number of amides is 1. The summed E-state index contributed by atoms with van der Waals surface area (Å²) in [6.07, 6.45) is 1.62. The summed E-state index contributed by atoms with van der Waals surface area (Å²) in [6.45, 7) is 8.60. The molecule has 2 unspecified atom stereocenters. The van der Waals surface area contributed by atoms with E-state index >= 15 is 0 Å². The van der Waals surface area contributed by atoms with Crippen LogP contribution in [0, 0.1) is 0 Å². The van der Waals surface area contributed by atoms with Crippen molar-refractivity contribution < 1.29 is 9.90 Å². The number of carbonyl (C=O) groups is 1. The van der Waals surface area contributed by atoms with Crippen molar-refractivity contribution in [2.75, 3.05) is 6.54 Å². The second kappa shape index (κ2) is 6.82. The van der Waals surface area contributed by atoms with E-state index < -0.39 is 0 Å². The standard InChI is InChI=1S/C11H23NO2/c1-5-9(3)12(6-2)11(14)8-7-10(4)13/h9-10,13H,5-8H2,1-4H3. The van der Waals surface area contributed by atoms with Crippen molar-refractivity contribution >= 4 is 5.91 Å². The predicted molar refractivity (Wildman–Crippen MR) is 58.1 cm³/mol. The average Bonchev–Trinajstić information content (AvgIpc) is 2.15. The Labute approximate surface area is 87.1 Å². The van der Waals surface area contributed by atoms with Crippen molar-refractivity contribution in [3.8, 4) is 0 Å². The molecular formula is C11H23NO2. The van der Waals surface area contributed by atoms with Gasteiger partial charge in [0.2, 0.25) is 5.91 Å². The van der Waals surface area contributed by atoms with Crippen molar-refractivity contribution in [1.29, 1.82) is 0 Å². The van der Waals surface area contributed by atoms with Gasteiger partial charge in [0.05, 0.1) is 6.10 Å². The van der Waals surface area contributed by atoms with Crippen molar-refractivity contribution in [1.82, 2.24) is 4.90 Å². The molecule has 14 heavy (non-hydrogen) atoms. The van der Waals surface area contributed by atoms with Gasteiger partial charge < -0.3 is 10.0 Å². The molecule has 0 aromatic rings. The Bertz CT molecular complexity index is 169. The van der Waals surface area contributed by atoms with E-state index in [2.05, 4.69) is 13.8 Å². The third-order valence-electron chi connectivity index (χ3n) is 2.56. The first-order valence-corrected chi connectivity index (χ1v) is 5.50. The Kier molecular flexibility index (Phi) is 6.54. The van der Waals surface area contributed by atoms with Gasteiger partial charge in [0.1, 0.15) is 0 Å². The molecule has 2 atom stereocenters. The summed E-state index contributed by atoms with van der Waals surface area (Å²) in [7, 11) is 0. The third kappa shape index (κ3) is 4.61. The maximum Gasteiger partial charge on any atom is 0.222 e. The molecule has 0 heterocycles. The number of carbonyl (C=O) groups excluding carboxylic acids is 1. The molecule has 3 nitrogen and oxygen atoms in total. The van der Waals surface area contributed by atoms with E-state index in [0.29, 0.717) is 18.9 Å². The van der Waals surface area contributed by atoms with Gasteiger partial charge in [-0.3, -0.25) is 4.79 Å². The minimum atomic E-state index is -0.380. The lowest BCUT2D eigenvalue weighted by Crippen LogP contribution is -2.38. The molecule has 84 valence electrons. The first kappa shape index (κ1) is 13.4. The Balaban J connectivity index is 4.04. The number of aliphatic hydroxyl groups excluding tert-OH is 1. The largest absolute Gasteiger partial charge is 0.393 e. The van der Waals surface area contributed by atoms with Crippen LogP contribution in [0.3, 0.4) is 0 Å². The minimum absolute atomic E-state index is 0.155. The zero-order valence-electron chi connectivity index (χ0n) is 9.79. The van der Waals surface area contributed by atoms with E-state index in [4.69, 9.17) is 5.11 Å². The molecule has 0 saturated carbocycles. The average molecular weight is 201 g/mol. The van der Waals surface area contributed by atoms with Gasteiger partial charge in [0.25, 0.3) is 0 Å². The van der Waals surface area contributed by atoms with Crippen molar-refractivity contribution in [3.63, 3.8) is 0 Å². The molecule has 0 saturated heterocycles. The van der Waals surface area contributed by atoms with Gasteiger partial charge in [0.15, 0.2) is 0 Å². The minimum Gasteiger partial charge on any atom is -0.393 e. The van der Waals surface area contributed by atoms with Gasteiger partial charge in [-0.1, -0.05) is 6.92 Å². The number of hydrogen-bond donors (Lipinski definition) is 1. The highest BCUT2D eigenvalue weighted by atomic mass is 16.3. The predicted octanol–water partition coefficient (Wildman–Crippen LogP) is 1.79. The van der Waals surface area contributed by atoms with E-state index in [9.17, 15) is 4.79 Å². The topological polar surface area (TPSA) is 40.5 Å². The lowest BCUT2D eigenvalue weighted by molar-refractivity contribution is -0.133. The molecule has 0 spiro atoms. The lowest BCUT2D eigenvalue weighted by Gasteiger charge is -2.27. The van der Waals surface area contributed by atoms with Crippen molar-refractivity contribution in [2.24, 2.45) is 0 Å². The van der Waals surface area contributed by atoms with E-state index in [-0.39, 0.29) is 12.0 Å². The van der Waals surface area contributed by atoms with Gasteiger partial charge in [0, 0.05) is 19.0 Å². The summed E-state index contributed by atoms with van der Waals surface area (Å²) in [6, 6.07) is 0.307. The normalized spacial score (nSPS) is 14.9. The molecule has 0 aliphatic rings. The van der Waals surface area contributed by atoms with Crippen molar-refractivity contribution in [3.05, 3.63) is 0 Å². The molecule has 1 amide bonds. The number of nitrogens with zero attached hydrogens (tertiary/aromatic N) is 1. The SMILES string of the molecule is CCC(C)N(CC)C(=O)CCC(C)O. The van der Waals surface area contributed by atoms with Crippen LogP contribution in [0.15, 0.2) is 0 Å². The van der Waals surface area contributed by atoms with Crippen LogP contribution in [-0.2, 0) is 4.79 Å². The number of hydrogen-bond acceptors (Lipinski definition) is 2. The Morgan fingerprint density at radius 2 is 1.93 bits per heavy atom. The van der Waals surface area contributed by atoms with Crippen LogP contribution in [0.4, 0.5) is 0 Å². The maximum absolute atomic E-state index is 11.7. The van der Waals surface area contributed by atoms with Crippen LogP contribution in [-0.4, -0.2) is 34.6 Å². The number of aliphatic hydroxyl groups is 1. The van der Waals surface area contributed by atoms with Crippen LogP contribution in [0.1, 0.15) is 47.0 Å². The molecule has 1 N–H and O–H groups in total. The Morgan fingerprint density at radius 1 is 1.36 bits per heavy atom. The molecular weight excluding hydrogens is 178 g/mol. The van der Waals surface area contributed by atoms with E-state index in [0.717, 1.165) is 13.0 Å². The first-order chi connectivity index (χ1) is 6.52. The van der Waals surface area contributed by atoms with Gasteiger partial charge in [-0.15, -0.1) is 0 Å². The number of rotatable bonds is 6. The van der Waals surface area contributed by atoms with E-state index in [1.54, 1.807) is 6.92 Å². The molecule has 0 aliphatic carbocycles. The highest BCUT2D eigenvalue weighted by molar-refractivity contribution is 5.76. The van der Waals surface area contributed by atoms with Gasteiger partial charge in [-0.2, -0.15) is 0 Å². The molecule has 0 rings (SSSR count). The summed E-state index contributed by atoms with van der Waals surface area (Å²) in [5, 5.41) is 9.08. The summed E-state index contributed by atoms with van der Waals surface area (Å²) in [5.74, 6) is 0.155. The van der Waals surface area contributed by atoms with Crippen LogP contribution in [0.25, 0.3) is 0 Å². The Hall–Kier alpha value is -0.570. The third-order valence-corrected chi connectivity index (χ3v) is 2.56. The quantitative estimate of drug-likeness (QED) is 0.712. The van der Waals surface area contributed by atoms with E-state index in [1.807, 2.05) is 11.8 Å². The van der Waals surface area contributed by atoms with Crippen LogP contribution in [0.5, 0.6) is 0 Å². The fourth-order valence-corrected chi connectivity index (χ4v) is 1.43. The summed E-state index contributed by atoms with van der Waals surface area (Å²) in [4.78, 5) is 13.6. The zero-order chi connectivity index (χ0) is 11.1. The van der Waals surface area contributed by atoms with Crippen LogP contribution >= 0.6 is 0 Å². The van der Waals surface area contributed by atoms with Gasteiger partial charge in [-0.25, -0.2) is 0 Å². The zero-order valence-corrected chi connectivity index (χ0v) is 9.79. The highest BCUT2D eigenvalue weighted by Gasteiger charge is 2.16. The molecule has 0 aromatic heterocycles. The smallest absolute Gasteiger partial charge is 0.222 e. The molecule has 3 heteroatoms.